The zero-order valence-electron chi connectivity index (χ0n) is 8.98. The van der Waals surface area contributed by atoms with Crippen molar-refractivity contribution in [2.75, 3.05) is 0 Å². The summed E-state index contributed by atoms with van der Waals surface area (Å²) in [5.74, 6) is -0.833. The molecule has 0 aliphatic heterocycles. The van der Waals surface area contributed by atoms with Gasteiger partial charge in [-0.1, -0.05) is 0 Å². The van der Waals surface area contributed by atoms with Crippen LogP contribution >= 0.6 is 9.24 Å². The second-order valence-electron chi connectivity index (χ2n) is 2.70. The number of aliphatic carboxylic acids is 1. The van der Waals surface area contributed by atoms with Crippen LogP contribution in [0.1, 0.15) is 6.92 Å². The van der Waals surface area contributed by atoms with Crippen molar-refractivity contribution in [1.29, 1.82) is 0 Å². The molecule has 0 aliphatic rings. The number of carboxylic acids is 1. The van der Waals surface area contributed by atoms with Crippen LogP contribution in [-0.4, -0.2) is 11.1 Å². The molecule has 2 aromatic carbocycles. The molecule has 0 spiro atoms. The van der Waals surface area contributed by atoms with Gasteiger partial charge in [-0.3, -0.25) is 4.79 Å². The van der Waals surface area contributed by atoms with E-state index in [9.17, 15) is 0 Å². The minimum Gasteiger partial charge on any atom is -0.748 e. The predicted molar refractivity (Wildman–Crippen MR) is 66.7 cm³/mol. The average Bonchev–Trinajstić information content (AvgIpc) is 2.75. The molecule has 2 aromatic rings. The first-order valence-electron chi connectivity index (χ1n) is 4.46. The van der Waals surface area contributed by atoms with Crippen molar-refractivity contribution in [3.05, 3.63) is 54.6 Å². The van der Waals surface area contributed by atoms with Crippen molar-refractivity contribution in [2.24, 2.45) is 0 Å². The average molecular weight is 278 g/mol. The monoisotopic (exact) mass is 278 g/mol. The van der Waals surface area contributed by atoms with Gasteiger partial charge in [-0.2, -0.15) is 21.4 Å². The molecule has 0 saturated heterocycles. The first kappa shape index (κ1) is 17.5. The van der Waals surface area contributed by atoms with E-state index in [1.165, 1.54) is 5.30 Å². The molecule has 0 heterocycles. The van der Waals surface area contributed by atoms with Gasteiger partial charge in [0.2, 0.25) is 0 Å². The molecular formula is C12H15FeO2P-6. The van der Waals surface area contributed by atoms with Crippen molar-refractivity contribution in [1.82, 2.24) is 0 Å². The third kappa shape index (κ3) is 15.6. The third-order valence-electron chi connectivity index (χ3n) is 1.24. The normalized spacial score (nSPS) is 7.38. The maximum absolute atomic E-state index is 9.00. The molecule has 0 fully saturated rings. The Hall–Kier alpha value is -0.881. The van der Waals surface area contributed by atoms with Crippen molar-refractivity contribution in [3.63, 3.8) is 0 Å². The summed E-state index contributed by atoms with van der Waals surface area (Å²) in [6.45, 7) is 1.08. The van der Waals surface area contributed by atoms with Gasteiger partial charge in [-0.15, -0.1) is 5.30 Å². The van der Waals surface area contributed by atoms with E-state index in [0.717, 1.165) is 6.92 Å². The third-order valence-corrected chi connectivity index (χ3v) is 1.63. The Morgan fingerprint density at radius 1 is 1.12 bits per heavy atom. The standard InChI is InChI=1S/C5H6P.C5H5.C2H4O2.Fe/c6-5-3-1-2-4-5;1-2-4-5-3-1;1-2(3)4;/h1-4H,6H2;1-5H;1H3,(H,3,4);/q-1;-5;;. The van der Waals surface area contributed by atoms with Gasteiger partial charge in [0.25, 0.3) is 5.97 Å². The molecule has 0 bridgehead atoms. The largest absolute Gasteiger partial charge is 0.748 e. The van der Waals surface area contributed by atoms with Crippen LogP contribution in [0.2, 0.25) is 0 Å². The molecule has 94 valence electrons. The van der Waals surface area contributed by atoms with Crippen LogP contribution in [-0.2, 0) is 21.9 Å². The fourth-order valence-corrected chi connectivity index (χ4v) is 0.932. The van der Waals surface area contributed by atoms with E-state index in [1.54, 1.807) is 0 Å². The summed E-state index contributed by atoms with van der Waals surface area (Å²) in [6, 6.07) is 18.1. The fourth-order valence-electron chi connectivity index (χ4n) is 0.710. The Bertz CT molecular complexity index is 307. The maximum atomic E-state index is 9.00. The molecular weight excluding hydrogens is 263 g/mol. The molecule has 2 nitrogen and oxygen atoms in total. The fraction of sp³-hybridized carbons (Fsp3) is 0.0833. The molecule has 0 aromatic heterocycles. The quantitative estimate of drug-likeness (QED) is 0.456. The van der Waals surface area contributed by atoms with Crippen LogP contribution in [0, 0.1) is 0 Å². The summed E-state index contributed by atoms with van der Waals surface area (Å²) in [4.78, 5) is 9.00. The van der Waals surface area contributed by atoms with Crippen LogP contribution in [0.4, 0.5) is 0 Å². The molecule has 0 radical (unpaired) electrons. The molecule has 0 aliphatic carbocycles. The molecule has 0 saturated carbocycles. The van der Waals surface area contributed by atoms with Gasteiger partial charge in [0, 0.05) is 24.0 Å². The summed E-state index contributed by atoms with van der Waals surface area (Å²) < 4.78 is 0. The van der Waals surface area contributed by atoms with E-state index in [4.69, 9.17) is 9.90 Å². The van der Waals surface area contributed by atoms with Crippen molar-refractivity contribution in [2.45, 2.75) is 6.92 Å². The summed E-state index contributed by atoms with van der Waals surface area (Å²) >= 11 is 0. The van der Waals surface area contributed by atoms with Gasteiger partial charge in [0.05, 0.1) is 0 Å². The van der Waals surface area contributed by atoms with Crippen LogP contribution in [0.5, 0.6) is 0 Å². The zero-order chi connectivity index (χ0) is 11.5. The van der Waals surface area contributed by atoms with Gasteiger partial charge >= 0.3 is 0 Å². The van der Waals surface area contributed by atoms with Crippen molar-refractivity contribution >= 4 is 20.5 Å². The van der Waals surface area contributed by atoms with Crippen LogP contribution in [0.25, 0.3) is 0 Å². The second kappa shape index (κ2) is 12.2. The minimum atomic E-state index is -0.833. The Morgan fingerprint density at radius 2 is 1.38 bits per heavy atom. The summed E-state index contributed by atoms with van der Waals surface area (Å²) in [7, 11) is 2.62. The van der Waals surface area contributed by atoms with Crippen LogP contribution < -0.4 is 5.30 Å². The second-order valence-corrected chi connectivity index (χ2v) is 3.37. The van der Waals surface area contributed by atoms with Gasteiger partial charge in [-0.05, 0) is 0 Å². The molecule has 0 amide bonds. The van der Waals surface area contributed by atoms with Crippen LogP contribution in [0.15, 0.2) is 54.6 Å². The van der Waals surface area contributed by atoms with Gasteiger partial charge in [-0.25, -0.2) is 12.1 Å². The van der Waals surface area contributed by atoms with Gasteiger partial charge in [0.15, 0.2) is 0 Å². The number of carbonyl (C=O) groups is 1. The summed E-state index contributed by atoms with van der Waals surface area (Å²) in [6.07, 6.45) is 0. The SMILES string of the molecule is CC(=O)O.P[c-]1cccc1.[Fe].[cH-]1[cH-][cH-][cH-][cH-]1. The Balaban J connectivity index is 0. The summed E-state index contributed by atoms with van der Waals surface area (Å²) in [5.41, 5.74) is 0. The van der Waals surface area contributed by atoms with E-state index in [-0.39, 0.29) is 17.1 Å². The van der Waals surface area contributed by atoms with E-state index >= 15 is 0 Å². The number of carboxylic acid groups (broad SMARTS) is 1. The number of hydrogen-bond donors (Lipinski definition) is 1. The van der Waals surface area contributed by atoms with Gasteiger partial charge < -0.3 is 35.4 Å². The maximum Gasteiger partial charge on any atom is 0.300 e. The molecule has 1 unspecified atom stereocenters. The van der Waals surface area contributed by atoms with Crippen molar-refractivity contribution in [3.8, 4) is 0 Å². The van der Waals surface area contributed by atoms with E-state index in [1.807, 2.05) is 54.6 Å². The van der Waals surface area contributed by atoms with E-state index in [0.29, 0.717) is 0 Å². The first-order valence-corrected chi connectivity index (χ1v) is 5.04. The molecule has 2 rings (SSSR count). The molecule has 1 N–H and O–H groups in total. The molecule has 1 atom stereocenters. The summed E-state index contributed by atoms with van der Waals surface area (Å²) in [5, 5.41) is 8.68. The Kier molecular flexibility index (Phi) is 13.3. The smallest absolute Gasteiger partial charge is 0.300 e. The van der Waals surface area contributed by atoms with Gasteiger partial charge in [0.1, 0.15) is 0 Å². The first-order chi connectivity index (χ1) is 7.13. The topological polar surface area (TPSA) is 37.3 Å². The number of hydrogen-bond acceptors (Lipinski definition) is 1. The number of rotatable bonds is 0. The predicted octanol–water partition coefficient (Wildman–Crippen LogP) is 2.40. The Morgan fingerprint density at radius 3 is 1.50 bits per heavy atom. The zero-order valence-corrected chi connectivity index (χ0v) is 11.2. The van der Waals surface area contributed by atoms with E-state index < -0.39 is 5.97 Å². The van der Waals surface area contributed by atoms with Crippen LogP contribution in [0.3, 0.4) is 0 Å². The Labute approximate surface area is 109 Å². The molecule has 4 heteroatoms. The van der Waals surface area contributed by atoms with Crippen molar-refractivity contribution < 1.29 is 27.0 Å². The minimum absolute atomic E-state index is 0. The molecule has 16 heavy (non-hydrogen) atoms. The van der Waals surface area contributed by atoms with E-state index in [2.05, 4.69) is 9.24 Å².